The zero-order valence-electron chi connectivity index (χ0n) is 11.6. The van der Waals surface area contributed by atoms with Gasteiger partial charge in [0.2, 0.25) is 0 Å². The van der Waals surface area contributed by atoms with Crippen molar-refractivity contribution >= 4 is 5.82 Å². The predicted octanol–water partition coefficient (Wildman–Crippen LogP) is 3.78. The van der Waals surface area contributed by atoms with E-state index in [1.165, 1.54) is 0 Å². The first-order valence-corrected chi connectivity index (χ1v) is 6.43. The molecule has 0 saturated carbocycles. The van der Waals surface area contributed by atoms with Gasteiger partial charge < -0.3 is 10.3 Å². The molecule has 7 heteroatoms. The Labute approximate surface area is 119 Å². The fourth-order valence-corrected chi connectivity index (χ4v) is 2.16. The summed E-state index contributed by atoms with van der Waals surface area (Å²) in [5, 5.41) is 0. The monoisotopic (exact) mass is 301 g/mol. The van der Waals surface area contributed by atoms with Crippen molar-refractivity contribution in [2.75, 3.05) is 5.73 Å². The number of hydrogen-bond acceptors (Lipinski definition) is 2. The van der Waals surface area contributed by atoms with Crippen molar-refractivity contribution in [1.82, 2.24) is 9.55 Å². The molecule has 2 rings (SSSR count). The molecular weight excluding hydrogens is 286 g/mol. The van der Waals surface area contributed by atoms with Crippen LogP contribution in [0, 0.1) is 5.82 Å². The van der Waals surface area contributed by atoms with Crippen molar-refractivity contribution in [3.8, 4) is 11.3 Å². The molecule has 0 amide bonds. The number of aromatic nitrogens is 2. The van der Waals surface area contributed by atoms with Crippen molar-refractivity contribution in [3.63, 3.8) is 0 Å². The molecule has 0 spiro atoms. The van der Waals surface area contributed by atoms with Gasteiger partial charge in [0.15, 0.2) is 0 Å². The van der Waals surface area contributed by atoms with E-state index >= 15 is 0 Å². The van der Waals surface area contributed by atoms with Gasteiger partial charge in [-0.2, -0.15) is 13.2 Å². The summed E-state index contributed by atoms with van der Waals surface area (Å²) in [4.78, 5) is 4.19. The predicted molar refractivity (Wildman–Crippen MR) is 72.0 cm³/mol. The maximum Gasteiger partial charge on any atom is 0.417 e. The number of benzene rings is 1. The first-order valence-electron chi connectivity index (χ1n) is 6.43. The average molecular weight is 301 g/mol. The molecule has 0 aliphatic carbocycles. The minimum Gasteiger partial charge on any atom is -0.383 e. The van der Waals surface area contributed by atoms with Crippen LogP contribution in [-0.4, -0.2) is 9.55 Å². The molecule has 2 N–H and O–H groups in total. The second-order valence-corrected chi connectivity index (χ2v) is 4.76. The molecule has 0 atom stereocenters. The van der Waals surface area contributed by atoms with Crippen LogP contribution in [0.1, 0.15) is 24.7 Å². The summed E-state index contributed by atoms with van der Waals surface area (Å²) in [6.07, 6.45) is -3.28. The van der Waals surface area contributed by atoms with Gasteiger partial charge >= 0.3 is 6.18 Å². The van der Waals surface area contributed by atoms with Gasteiger partial charge in [-0.25, -0.2) is 9.37 Å². The average Bonchev–Trinajstić information content (AvgIpc) is 2.67. The summed E-state index contributed by atoms with van der Waals surface area (Å²) in [6.45, 7) is 1.93. The zero-order chi connectivity index (χ0) is 15.8. The molecule has 0 fully saturated rings. The van der Waals surface area contributed by atoms with Crippen LogP contribution in [0.4, 0.5) is 23.4 Å². The van der Waals surface area contributed by atoms with Crippen molar-refractivity contribution in [3.05, 3.63) is 35.4 Å². The summed E-state index contributed by atoms with van der Waals surface area (Å²) < 4.78 is 53.9. The molecule has 0 aliphatic heterocycles. The molecule has 1 aromatic heterocycles. The Morgan fingerprint density at radius 3 is 2.52 bits per heavy atom. The summed E-state index contributed by atoms with van der Waals surface area (Å²) in [5.74, 6) is -0.215. The lowest BCUT2D eigenvalue weighted by Crippen LogP contribution is -2.08. The van der Waals surface area contributed by atoms with E-state index in [-0.39, 0.29) is 17.1 Å². The topological polar surface area (TPSA) is 43.8 Å². The number of hydrogen-bond donors (Lipinski definition) is 1. The fourth-order valence-electron chi connectivity index (χ4n) is 2.16. The zero-order valence-corrected chi connectivity index (χ0v) is 11.6. The normalized spacial score (nSPS) is 11.9. The molecule has 0 aliphatic rings. The first-order chi connectivity index (χ1) is 9.75. The lowest BCUT2D eigenvalue weighted by molar-refractivity contribution is -0.137. The Bertz CT molecular complexity index is 659. The van der Waals surface area contributed by atoms with E-state index in [9.17, 15) is 17.6 Å². The molecule has 114 valence electrons. The van der Waals surface area contributed by atoms with Gasteiger partial charge in [0.05, 0.1) is 5.56 Å². The Kier molecular flexibility index (Phi) is 3.93. The van der Waals surface area contributed by atoms with Gasteiger partial charge in [-0.05, 0) is 24.6 Å². The van der Waals surface area contributed by atoms with Gasteiger partial charge in [0.1, 0.15) is 23.2 Å². The van der Waals surface area contributed by atoms with Crippen LogP contribution in [0.25, 0.3) is 11.3 Å². The number of aryl methyl sites for hydroxylation is 1. The molecule has 3 nitrogen and oxygen atoms in total. The molecule has 1 aromatic carbocycles. The number of nitrogens with two attached hydrogens (primary N) is 1. The van der Waals surface area contributed by atoms with Crippen LogP contribution in [0.2, 0.25) is 0 Å². The fraction of sp³-hybridized carbons (Fsp3) is 0.357. The van der Waals surface area contributed by atoms with Gasteiger partial charge in [-0.3, -0.25) is 0 Å². The van der Waals surface area contributed by atoms with Crippen LogP contribution in [0.3, 0.4) is 0 Å². The number of rotatable bonds is 3. The van der Waals surface area contributed by atoms with Gasteiger partial charge in [0, 0.05) is 19.0 Å². The minimum atomic E-state index is -4.67. The quantitative estimate of drug-likeness (QED) is 0.877. The van der Waals surface area contributed by atoms with E-state index in [2.05, 4.69) is 4.98 Å². The standard InChI is InChI=1S/C14H15F4N3/c1-3-4-11-20-12(13(19)21(11)2)9-6-5-8(15)7-10(9)14(16,17)18/h5-7H,3-4,19H2,1-2H3. The van der Waals surface area contributed by atoms with Crippen LogP contribution in [-0.2, 0) is 19.6 Å². The maximum absolute atomic E-state index is 13.1. The lowest BCUT2D eigenvalue weighted by Gasteiger charge is -2.12. The van der Waals surface area contributed by atoms with E-state index in [0.29, 0.717) is 18.3 Å². The first kappa shape index (κ1) is 15.3. The van der Waals surface area contributed by atoms with Gasteiger partial charge in [-0.1, -0.05) is 6.92 Å². The van der Waals surface area contributed by atoms with E-state index in [1.54, 1.807) is 11.6 Å². The lowest BCUT2D eigenvalue weighted by atomic mass is 10.0. The van der Waals surface area contributed by atoms with Gasteiger partial charge in [-0.15, -0.1) is 0 Å². The highest BCUT2D eigenvalue weighted by molar-refractivity contribution is 5.74. The van der Waals surface area contributed by atoms with Crippen molar-refractivity contribution < 1.29 is 17.6 Å². The Morgan fingerprint density at radius 1 is 1.29 bits per heavy atom. The van der Waals surface area contributed by atoms with Crippen LogP contribution in [0.15, 0.2) is 18.2 Å². The van der Waals surface area contributed by atoms with E-state index in [1.807, 2.05) is 6.92 Å². The van der Waals surface area contributed by atoms with Crippen molar-refractivity contribution in [2.45, 2.75) is 25.9 Å². The Hall–Kier alpha value is -2.05. The third-order valence-corrected chi connectivity index (χ3v) is 3.25. The third-order valence-electron chi connectivity index (χ3n) is 3.25. The summed E-state index contributed by atoms with van der Waals surface area (Å²) >= 11 is 0. The number of halogens is 4. The smallest absolute Gasteiger partial charge is 0.383 e. The molecule has 0 radical (unpaired) electrons. The minimum absolute atomic E-state index is 0.0354. The molecule has 0 unspecified atom stereocenters. The highest BCUT2D eigenvalue weighted by atomic mass is 19.4. The highest BCUT2D eigenvalue weighted by Crippen LogP contribution is 2.39. The summed E-state index contributed by atoms with van der Waals surface area (Å²) in [7, 11) is 1.65. The molecule has 21 heavy (non-hydrogen) atoms. The molecule has 2 aromatic rings. The Balaban J connectivity index is 2.65. The number of alkyl halides is 3. The number of imidazole rings is 1. The maximum atomic E-state index is 13.1. The van der Waals surface area contributed by atoms with E-state index < -0.39 is 17.6 Å². The molecule has 0 bridgehead atoms. The number of anilines is 1. The third kappa shape index (κ3) is 2.86. The van der Waals surface area contributed by atoms with Gasteiger partial charge in [0.25, 0.3) is 0 Å². The largest absolute Gasteiger partial charge is 0.417 e. The second-order valence-electron chi connectivity index (χ2n) is 4.76. The molecule has 0 saturated heterocycles. The van der Waals surface area contributed by atoms with E-state index in [0.717, 1.165) is 18.6 Å². The summed E-state index contributed by atoms with van der Waals surface area (Å²) in [5.41, 5.74) is 4.61. The highest BCUT2D eigenvalue weighted by Gasteiger charge is 2.35. The molecular formula is C14H15F4N3. The van der Waals surface area contributed by atoms with Crippen molar-refractivity contribution in [2.24, 2.45) is 7.05 Å². The van der Waals surface area contributed by atoms with E-state index in [4.69, 9.17) is 5.73 Å². The Morgan fingerprint density at radius 2 is 1.95 bits per heavy atom. The summed E-state index contributed by atoms with van der Waals surface area (Å²) in [6, 6.07) is 2.49. The van der Waals surface area contributed by atoms with Crippen molar-refractivity contribution in [1.29, 1.82) is 0 Å². The van der Waals surface area contributed by atoms with Crippen LogP contribution in [0.5, 0.6) is 0 Å². The van der Waals surface area contributed by atoms with Crippen LogP contribution >= 0.6 is 0 Å². The second kappa shape index (κ2) is 5.38. The number of nitrogen functional groups attached to an aromatic ring is 1. The number of nitrogens with zero attached hydrogens (tertiary/aromatic N) is 2. The van der Waals surface area contributed by atoms with Crippen LogP contribution < -0.4 is 5.73 Å². The SMILES string of the molecule is CCCc1nc(-c2ccc(F)cc2C(F)(F)F)c(N)n1C. The molecule has 1 heterocycles.